The molecule has 0 N–H and O–H groups in total. The van der Waals surface area contributed by atoms with E-state index in [1.54, 1.807) is 0 Å². The molecule has 1 aliphatic rings. The molecule has 0 atom stereocenters. The summed E-state index contributed by atoms with van der Waals surface area (Å²) in [5.74, 6) is -2.25. The maximum Gasteiger partial charge on any atom is 0.228 e. The first-order valence-electron chi connectivity index (χ1n) is 6.72. The van der Waals surface area contributed by atoms with Gasteiger partial charge < -0.3 is 4.90 Å². The van der Waals surface area contributed by atoms with Crippen LogP contribution >= 0.6 is 0 Å². The summed E-state index contributed by atoms with van der Waals surface area (Å²) in [6.45, 7) is 0.000431. The minimum Gasteiger partial charge on any atom is -0.326 e. The van der Waals surface area contributed by atoms with Gasteiger partial charge in [-0.25, -0.2) is 8.78 Å². The third-order valence-electron chi connectivity index (χ3n) is 3.70. The van der Waals surface area contributed by atoms with Gasteiger partial charge in [0.1, 0.15) is 6.54 Å². The van der Waals surface area contributed by atoms with Gasteiger partial charge in [0, 0.05) is 11.6 Å². The van der Waals surface area contributed by atoms with Gasteiger partial charge >= 0.3 is 0 Å². The minimum atomic E-state index is -0.982. The van der Waals surface area contributed by atoms with Crippen molar-refractivity contribution in [3.63, 3.8) is 0 Å². The predicted octanol–water partition coefficient (Wildman–Crippen LogP) is 2.80. The van der Waals surface area contributed by atoms with Crippen LogP contribution in [0, 0.1) is 23.0 Å². The molecule has 0 heterocycles. The lowest BCUT2D eigenvalue weighted by atomic mass is 10.1. The highest BCUT2D eigenvalue weighted by atomic mass is 19.2. The van der Waals surface area contributed by atoms with E-state index in [0.717, 1.165) is 31.7 Å². The molecule has 0 radical (unpaired) electrons. The summed E-state index contributed by atoms with van der Waals surface area (Å²) in [5, 5.41) is 8.83. The highest BCUT2D eigenvalue weighted by Gasteiger charge is 2.27. The number of carbonyl (C=O) groups excluding carboxylic acids is 1. The van der Waals surface area contributed by atoms with Gasteiger partial charge in [0.25, 0.3) is 0 Å². The summed E-state index contributed by atoms with van der Waals surface area (Å²) in [4.78, 5) is 13.7. The van der Waals surface area contributed by atoms with Crippen molar-refractivity contribution < 1.29 is 13.6 Å². The summed E-state index contributed by atoms with van der Waals surface area (Å²) in [5.41, 5.74) is 0.0379. The van der Waals surface area contributed by atoms with E-state index in [1.165, 1.54) is 17.0 Å². The number of carbonyl (C=O) groups is 1. The van der Waals surface area contributed by atoms with Gasteiger partial charge in [0.05, 0.1) is 12.5 Å². The third-order valence-corrected chi connectivity index (χ3v) is 3.70. The molecule has 1 aromatic carbocycles. The molecule has 1 aliphatic carbocycles. The molecule has 0 aliphatic heterocycles. The first-order valence-corrected chi connectivity index (χ1v) is 6.72. The van der Waals surface area contributed by atoms with Crippen molar-refractivity contribution in [1.29, 1.82) is 5.26 Å². The summed E-state index contributed by atoms with van der Waals surface area (Å²) in [6, 6.07) is 5.83. The van der Waals surface area contributed by atoms with Crippen LogP contribution in [0.25, 0.3) is 0 Å². The van der Waals surface area contributed by atoms with Crippen molar-refractivity contribution in [2.75, 3.05) is 6.54 Å². The topological polar surface area (TPSA) is 44.1 Å². The molecular weight excluding hydrogens is 262 g/mol. The van der Waals surface area contributed by atoms with Crippen LogP contribution < -0.4 is 0 Å². The van der Waals surface area contributed by atoms with Crippen LogP contribution in [0.4, 0.5) is 8.78 Å². The molecule has 1 amide bonds. The zero-order valence-electron chi connectivity index (χ0n) is 11.1. The van der Waals surface area contributed by atoms with Crippen LogP contribution in [0.15, 0.2) is 18.2 Å². The number of hydrogen-bond acceptors (Lipinski definition) is 2. The SMILES string of the molecule is N#CCN(C(=O)Cc1cccc(F)c1F)C1CCCC1. The lowest BCUT2D eigenvalue weighted by molar-refractivity contribution is -0.132. The molecule has 1 aromatic rings. The van der Waals surface area contributed by atoms with E-state index in [-0.39, 0.29) is 30.5 Å². The third kappa shape index (κ3) is 3.13. The van der Waals surface area contributed by atoms with Gasteiger partial charge in [-0.05, 0) is 18.9 Å². The number of hydrogen-bond donors (Lipinski definition) is 0. The first kappa shape index (κ1) is 14.4. The fourth-order valence-electron chi connectivity index (χ4n) is 2.66. The summed E-state index contributed by atoms with van der Waals surface area (Å²) in [6.07, 6.45) is 3.61. The number of amides is 1. The fraction of sp³-hybridized carbons (Fsp3) is 0.467. The number of nitrogens with zero attached hydrogens (tertiary/aromatic N) is 2. The number of benzene rings is 1. The summed E-state index contributed by atoms with van der Waals surface area (Å²) >= 11 is 0. The van der Waals surface area contributed by atoms with E-state index >= 15 is 0 Å². The van der Waals surface area contributed by atoms with Crippen molar-refractivity contribution in [1.82, 2.24) is 4.90 Å². The maximum atomic E-state index is 13.6. The van der Waals surface area contributed by atoms with Gasteiger partial charge in [-0.3, -0.25) is 4.79 Å². The molecule has 0 saturated heterocycles. The van der Waals surface area contributed by atoms with E-state index in [9.17, 15) is 13.6 Å². The Kier molecular flexibility index (Phi) is 4.67. The van der Waals surface area contributed by atoms with Gasteiger partial charge in [-0.2, -0.15) is 5.26 Å². The number of nitriles is 1. The van der Waals surface area contributed by atoms with Crippen LogP contribution in [0.5, 0.6) is 0 Å². The zero-order valence-corrected chi connectivity index (χ0v) is 11.1. The van der Waals surface area contributed by atoms with Gasteiger partial charge in [0.15, 0.2) is 11.6 Å². The van der Waals surface area contributed by atoms with Crippen LogP contribution in [0.3, 0.4) is 0 Å². The Bertz CT molecular complexity index is 533. The lowest BCUT2D eigenvalue weighted by Crippen LogP contribution is -2.40. The van der Waals surface area contributed by atoms with E-state index < -0.39 is 11.6 Å². The smallest absolute Gasteiger partial charge is 0.228 e. The molecule has 0 aromatic heterocycles. The van der Waals surface area contributed by atoms with Crippen molar-refractivity contribution in [2.45, 2.75) is 38.1 Å². The molecule has 5 heteroatoms. The van der Waals surface area contributed by atoms with Gasteiger partial charge in [-0.15, -0.1) is 0 Å². The second-order valence-electron chi connectivity index (χ2n) is 5.01. The van der Waals surface area contributed by atoms with E-state index in [0.29, 0.717) is 0 Å². The molecule has 0 unspecified atom stereocenters. The quantitative estimate of drug-likeness (QED) is 0.795. The van der Waals surface area contributed by atoms with Crippen LogP contribution in [-0.2, 0) is 11.2 Å². The van der Waals surface area contributed by atoms with Gasteiger partial charge in [0.2, 0.25) is 5.91 Å². The standard InChI is InChI=1S/C15H16F2N2O/c16-13-7-3-4-11(15(13)17)10-14(20)19(9-8-18)12-5-1-2-6-12/h3-4,7,12H,1-2,5-6,9-10H2. The normalized spacial score (nSPS) is 15.1. The molecule has 2 rings (SSSR count). The second-order valence-corrected chi connectivity index (χ2v) is 5.01. The van der Waals surface area contributed by atoms with Gasteiger partial charge in [-0.1, -0.05) is 25.0 Å². The molecule has 20 heavy (non-hydrogen) atoms. The second kappa shape index (κ2) is 6.47. The van der Waals surface area contributed by atoms with Crippen molar-refractivity contribution in [2.24, 2.45) is 0 Å². The van der Waals surface area contributed by atoms with Crippen LogP contribution in [-0.4, -0.2) is 23.4 Å². The fourth-order valence-corrected chi connectivity index (χ4v) is 2.66. The molecular formula is C15H16F2N2O. The Morgan fingerprint density at radius 3 is 2.70 bits per heavy atom. The lowest BCUT2D eigenvalue weighted by Gasteiger charge is -2.26. The minimum absolute atomic E-state index is 0.000431. The van der Waals surface area contributed by atoms with Crippen molar-refractivity contribution >= 4 is 5.91 Å². The predicted molar refractivity (Wildman–Crippen MR) is 69.6 cm³/mol. The highest BCUT2D eigenvalue weighted by Crippen LogP contribution is 2.24. The monoisotopic (exact) mass is 278 g/mol. The Hall–Kier alpha value is -1.96. The Morgan fingerprint density at radius 2 is 2.05 bits per heavy atom. The average molecular weight is 278 g/mol. The molecule has 0 spiro atoms. The Morgan fingerprint density at radius 1 is 1.35 bits per heavy atom. The van der Waals surface area contributed by atoms with Crippen molar-refractivity contribution in [3.05, 3.63) is 35.4 Å². The van der Waals surface area contributed by atoms with E-state index in [2.05, 4.69) is 0 Å². The largest absolute Gasteiger partial charge is 0.326 e. The zero-order chi connectivity index (χ0) is 14.5. The van der Waals surface area contributed by atoms with E-state index in [4.69, 9.17) is 5.26 Å². The van der Waals surface area contributed by atoms with Crippen LogP contribution in [0.1, 0.15) is 31.2 Å². The highest BCUT2D eigenvalue weighted by molar-refractivity contribution is 5.79. The molecule has 0 bridgehead atoms. The number of rotatable bonds is 4. The molecule has 3 nitrogen and oxygen atoms in total. The van der Waals surface area contributed by atoms with Crippen LogP contribution in [0.2, 0.25) is 0 Å². The maximum absolute atomic E-state index is 13.6. The Balaban J connectivity index is 2.12. The summed E-state index contributed by atoms with van der Waals surface area (Å²) < 4.78 is 26.7. The molecule has 1 fully saturated rings. The summed E-state index contributed by atoms with van der Waals surface area (Å²) in [7, 11) is 0. The molecule has 1 saturated carbocycles. The Labute approximate surface area is 116 Å². The average Bonchev–Trinajstić information content (AvgIpc) is 2.95. The molecule has 106 valence electrons. The first-order chi connectivity index (χ1) is 9.63. The van der Waals surface area contributed by atoms with E-state index in [1.807, 2.05) is 6.07 Å². The van der Waals surface area contributed by atoms with Crippen molar-refractivity contribution in [3.8, 4) is 6.07 Å². The number of halogens is 2.